The summed E-state index contributed by atoms with van der Waals surface area (Å²) in [7, 11) is 0. The van der Waals surface area contributed by atoms with Crippen LogP contribution in [0.5, 0.6) is 0 Å². The number of hydrogen-bond acceptors (Lipinski definition) is 2. The number of nitro groups is 1. The molecule has 0 N–H and O–H groups in total. The maximum Gasteiger partial charge on any atom is 0.269 e. The van der Waals surface area contributed by atoms with Crippen LogP contribution in [0.25, 0.3) is 11.1 Å². The Morgan fingerprint density at radius 2 is 1.41 bits per heavy atom. The first kappa shape index (κ1) is 10.9. The summed E-state index contributed by atoms with van der Waals surface area (Å²) in [4.78, 5) is 10.1. The second-order valence-electron chi connectivity index (χ2n) is 3.53. The minimum Gasteiger partial charge on any atom is -0.258 e. The third-order valence-electron chi connectivity index (χ3n) is 2.46. The van der Waals surface area contributed by atoms with Crippen molar-refractivity contribution < 1.29 is 4.92 Å². The van der Waals surface area contributed by atoms with Crippen LogP contribution in [0, 0.1) is 22.5 Å². The fourth-order valence-electron chi connectivity index (χ4n) is 1.53. The Hall–Kier alpha value is -2.60. The number of nitro benzene ring substituents is 1. The summed E-state index contributed by atoms with van der Waals surface area (Å²) in [5, 5.41) is 10.5. The van der Waals surface area contributed by atoms with Crippen molar-refractivity contribution in [3.63, 3.8) is 0 Å². The summed E-state index contributed by atoms with van der Waals surface area (Å²) in [6.45, 7) is 0. The van der Waals surface area contributed by atoms with Crippen molar-refractivity contribution in [2.45, 2.75) is 0 Å². The van der Waals surface area contributed by atoms with E-state index >= 15 is 0 Å². The Balaban J connectivity index is 2.33. The average molecular weight is 223 g/mol. The van der Waals surface area contributed by atoms with Crippen molar-refractivity contribution in [3.8, 4) is 23.5 Å². The van der Waals surface area contributed by atoms with Crippen LogP contribution in [0.3, 0.4) is 0 Å². The molecule has 0 saturated heterocycles. The zero-order valence-corrected chi connectivity index (χ0v) is 8.96. The quantitative estimate of drug-likeness (QED) is 0.445. The van der Waals surface area contributed by atoms with Crippen LogP contribution in [0.2, 0.25) is 0 Å². The highest BCUT2D eigenvalue weighted by atomic mass is 16.6. The molecule has 2 aromatic rings. The number of hydrogen-bond donors (Lipinski definition) is 0. The van der Waals surface area contributed by atoms with E-state index in [1.807, 2.05) is 24.3 Å². The molecule has 0 amide bonds. The summed E-state index contributed by atoms with van der Waals surface area (Å²) in [6, 6.07) is 13.9. The highest BCUT2D eigenvalue weighted by Crippen LogP contribution is 2.22. The summed E-state index contributed by atoms with van der Waals surface area (Å²) < 4.78 is 0. The van der Waals surface area contributed by atoms with Crippen LogP contribution in [0.15, 0.2) is 48.5 Å². The molecular weight excluding hydrogens is 214 g/mol. The molecule has 3 heteroatoms. The molecule has 0 aromatic heterocycles. The first-order chi connectivity index (χ1) is 8.20. The van der Waals surface area contributed by atoms with Gasteiger partial charge in [0.1, 0.15) is 0 Å². The van der Waals surface area contributed by atoms with Crippen LogP contribution in [-0.2, 0) is 0 Å². The molecule has 0 unspecified atom stereocenters. The van der Waals surface area contributed by atoms with Gasteiger partial charge in [-0.15, -0.1) is 6.42 Å². The molecule has 0 radical (unpaired) electrons. The van der Waals surface area contributed by atoms with Gasteiger partial charge in [0.15, 0.2) is 0 Å². The Kier molecular flexibility index (Phi) is 2.89. The molecule has 0 aliphatic carbocycles. The van der Waals surface area contributed by atoms with Gasteiger partial charge in [-0.2, -0.15) is 0 Å². The first-order valence-corrected chi connectivity index (χ1v) is 5.02. The molecule has 0 bridgehead atoms. The van der Waals surface area contributed by atoms with Crippen LogP contribution in [0.1, 0.15) is 5.56 Å². The predicted molar refractivity (Wildman–Crippen MR) is 66.5 cm³/mol. The second kappa shape index (κ2) is 4.50. The normalized spacial score (nSPS) is 9.59. The largest absolute Gasteiger partial charge is 0.269 e. The van der Waals surface area contributed by atoms with Crippen molar-refractivity contribution in [1.82, 2.24) is 0 Å². The Bertz CT molecular complexity index is 577. The summed E-state index contributed by atoms with van der Waals surface area (Å²) >= 11 is 0. The summed E-state index contributed by atoms with van der Waals surface area (Å²) in [5.41, 5.74) is 2.82. The van der Waals surface area contributed by atoms with Crippen LogP contribution in [-0.4, -0.2) is 4.92 Å². The van der Waals surface area contributed by atoms with Gasteiger partial charge >= 0.3 is 0 Å². The van der Waals surface area contributed by atoms with Gasteiger partial charge in [-0.25, -0.2) is 0 Å². The van der Waals surface area contributed by atoms with Crippen molar-refractivity contribution in [3.05, 3.63) is 64.2 Å². The lowest BCUT2D eigenvalue weighted by Crippen LogP contribution is -1.87. The van der Waals surface area contributed by atoms with E-state index in [9.17, 15) is 10.1 Å². The lowest BCUT2D eigenvalue weighted by molar-refractivity contribution is -0.384. The Morgan fingerprint density at radius 1 is 0.941 bits per heavy atom. The topological polar surface area (TPSA) is 43.1 Å². The predicted octanol–water partition coefficient (Wildman–Crippen LogP) is 3.24. The molecule has 0 fully saturated rings. The molecule has 0 heterocycles. The van der Waals surface area contributed by atoms with E-state index in [0.29, 0.717) is 0 Å². The molecule has 0 aliphatic rings. The smallest absolute Gasteiger partial charge is 0.258 e. The van der Waals surface area contributed by atoms with Gasteiger partial charge in [-0.05, 0) is 35.4 Å². The van der Waals surface area contributed by atoms with Crippen LogP contribution in [0.4, 0.5) is 5.69 Å². The van der Waals surface area contributed by atoms with E-state index < -0.39 is 4.92 Å². The lowest BCUT2D eigenvalue weighted by Gasteiger charge is -2.01. The molecular formula is C14H9NO2. The highest BCUT2D eigenvalue weighted by molar-refractivity contribution is 5.65. The minimum absolute atomic E-state index is 0.0917. The molecule has 0 saturated carbocycles. The fourth-order valence-corrected chi connectivity index (χ4v) is 1.53. The van der Waals surface area contributed by atoms with Gasteiger partial charge in [0.25, 0.3) is 5.69 Å². The van der Waals surface area contributed by atoms with Gasteiger partial charge < -0.3 is 0 Å². The van der Waals surface area contributed by atoms with E-state index in [-0.39, 0.29) is 5.69 Å². The van der Waals surface area contributed by atoms with Crippen molar-refractivity contribution in [1.29, 1.82) is 0 Å². The maximum atomic E-state index is 10.5. The third kappa shape index (κ3) is 2.32. The Labute approximate surface area is 98.9 Å². The fraction of sp³-hybridized carbons (Fsp3) is 0. The number of nitrogens with zero attached hydrogens (tertiary/aromatic N) is 1. The van der Waals surface area contributed by atoms with E-state index in [4.69, 9.17) is 6.42 Å². The van der Waals surface area contributed by atoms with E-state index in [0.717, 1.165) is 16.7 Å². The first-order valence-electron chi connectivity index (χ1n) is 5.02. The molecule has 0 atom stereocenters. The van der Waals surface area contributed by atoms with Gasteiger partial charge in [0, 0.05) is 17.7 Å². The second-order valence-corrected chi connectivity index (χ2v) is 3.53. The summed E-state index contributed by atoms with van der Waals surface area (Å²) in [5.74, 6) is 2.54. The SMILES string of the molecule is C#Cc1ccc(-c2ccc([N+](=O)[O-])cc2)cc1. The molecule has 0 aliphatic heterocycles. The molecule has 2 rings (SSSR count). The molecule has 0 spiro atoms. The highest BCUT2D eigenvalue weighted by Gasteiger charge is 2.04. The van der Waals surface area contributed by atoms with Crippen molar-refractivity contribution in [2.24, 2.45) is 0 Å². The summed E-state index contributed by atoms with van der Waals surface area (Å²) in [6.07, 6.45) is 5.27. The average Bonchev–Trinajstić information content (AvgIpc) is 2.39. The van der Waals surface area contributed by atoms with Crippen molar-refractivity contribution in [2.75, 3.05) is 0 Å². The maximum absolute atomic E-state index is 10.5. The number of non-ortho nitro benzene ring substituents is 1. The van der Waals surface area contributed by atoms with Gasteiger partial charge in [0.05, 0.1) is 4.92 Å². The van der Waals surface area contributed by atoms with Gasteiger partial charge in [0.2, 0.25) is 0 Å². The van der Waals surface area contributed by atoms with E-state index in [2.05, 4.69) is 5.92 Å². The number of terminal acetylenes is 1. The van der Waals surface area contributed by atoms with Crippen LogP contribution >= 0.6 is 0 Å². The van der Waals surface area contributed by atoms with E-state index in [1.54, 1.807) is 12.1 Å². The third-order valence-corrected chi connectivity index (χ3v) is 2.46. The zero-order chi connectivity index (χ0) is 12.3. The number of rotatable bonds is 2. The zero-order valence-electron chi connectivity index (χ0n) is 8.96. The van der Waals surface area contributed by atoms with Gasteiger partial charge in [-0.3, -0.25) is 10.1 Å². The number of benzene rings is 2. The van der Waals surface area contributed by atoms with Gasteiger partial charge in [-0.1, -0.05) is 18.1 Å². The van der Waals surface area contributed by atoms with Crippen LogP contribution < -0.4 is 0 Å². The minimum atomic E-state index is -0.411. The lowest BCUT2D eigenvalue weighted by atomic mass is 10.0. The Morgan fingerprint density at radius 3 is 1.82 bits per heavy atom. The van der Waals surface area contributed by atoms with Crippen molar-refractivity contribution >= 4 is 5.69 Å². The van der Waals surface area contributed by atoms with E-state index in [1.165, 1.54) is 12.1 Å². The molecule has 17 heavy (non-hydrogen) atoms. The standard InChI is InChI=1S/C14H9NO2/c1-2-11-3-5-12(6-4-11)13-7-9-14(10-8-13)15(16)17/h1,3-10H. The molecule has 82 valence electrons. The monoisotopic (exact) mass is 223 g/mol. The molecule has 2 aromatic carbocycles. The molecule has 3 nitrogen and oxygen atoms in total.